The molecule has 98 valence electrons. The summed E-state index contributed by atoms with van der Waals surface area (Å²) in [5.41, 5.74) is 0.372. The van der Waals surface area contributed by atoms with E-state index in [4.69, 9.17) is 9.52 Å². The molecule has 19 heavy (non-hydrogen) atoms. The van der Waals surface area contributed by atoms with Crippen LogP contribution in [0, 0.1) is 0 Å². The highest BCUT2D eigenvalue weighted by molar-refractivity contribution is 9.10. The second-order valence-corrected chi connectivity index (χ2v) is 4.57. The van der Waals surface area contributed by atoms with Crippen LogP contribution in [0.1, 0.15) is 20.9 Å². The van der Waals surface area contributed by atoms with Crippen molar-refractivity contribution in [2.24, 2.45) is 0 Å². The molecule has 5 nitrogen and oxygen atoms in total. The molecular formula is C13H10BrNO4. The van der Waals surface area contributed by atoms with E-state index in [1.54, 1.807) is 24.3 Å². The lowest BCUT2D eigenvalue weighted by Crippen LogP contribution is -2.27. The topological polar surface area (TPSA) is 70.8 Å². The molecule has 0 bridgehead atoms. The maximum atomic E-state index is 12.2. The number of amides is 1. The number of aromatic carboxylic acids is 1. The van der Waals surface area contributed by atoms with Crippen molar-refractivity contribution in [2.45, 2.75) is 0 Å². The monoisotopic (exact) mass is 323 g/mol. The summed E-state index contributed by atoms with van der Waals surface area (Å²) < 4.78 is 5.61. The predicted octanol–water partition coefficient (Wildman–Crippen LogP) is 3.02. The number of furan rings is 1. The van der Waals surface area contributed by atoms with E-state index in [1.165, 1.54) is 24.1 Å². The minimum Gasteiger partial charge on any atom is -0.478 e. The van der Waals surface area contributed by atoms with Gasteiger partial charge in [0.1, 0.15) is 0 Å². The van der Waals surface area contributed by atoms with Crippen LogP contribution in [0.25, 0.3) is 0 Å². The van der Waals surface area contributed by atoms with Gasteiger partial charge in [0.05, 0.1) is 11.3 Å². The van der Waals surface area contributed by atoms with E-state index >= 15 is 0 Å². The van der Waals surface area contributed by atoms with Crippen molar-refractivity contribution >= 4 is 33.5 Å². The minimum absolute atomic E-state index is 0.0592. The standard InChI is InChI=1S/C13H10BrNO4/c1-15(12(16)10-6-7-11(14)19-10)9-5-3-2-4-8(9)13(17)18/h2-7H,1H3,(H,17,18). The van der Waals surface area contributed by atoms with Crippen molar-refractivity contribution in [3.05, 3.63) is 52.4 Å². The van der Waals surface area contributed by atoms with Crippen LogP contribution in [-0.4, -0.2) is 24.0 Å². The second kappa shape index (κ2) is 5.27. The molecule has 2 aromatic rings. The molecule has 0 aliphatic heterocycles. The number of para-hydroxylation sites is 1. The molecule has 1 aromatic carbocycles. The maximum Gasteiger partial charge on any atom is 0.337 e. The Balaban J connectivity index is 2.37. The zero-order valence-electron chi connectivity index (χ0n) is 9.96. The summed E-state index contributed by atoms with van der Waals surface area (Å²) in [6, 6.07) is 9.41. The van der Waals surface area contributed by atoms with Gasteiger partial charge < -0.3 is 14.4 Å². The molecule has 0 fully saturated rings. The van der Waals surface area contributed by atoms with Crippen LogP contribution in [0.3, 0.4) is 0 Å². The van der Waals surface area contributed by atoms with Gasteiger partial charge in [-0.2, -0.15) is 0 Å². The van der Waals surface area contributed by atoms with Crippen LogP contribution < -0.4 is 4.90 Å². The van der Waals surface area contributed by atoms with E-state index in [9.17, 15) is 9.59 Å². The lowest BCUT2D eigenvalue weighted by Gasteiger charge is -2.17. The van der Waals surface area contributed by atoms with Gasteiger partial charge in [-0.05, 0) is 40.2 Å². The van der Waals surface area contributed by atoms with Gasteiger partial charge in [-0.1, -0.05) is 12.1 Å². The van der Waals surface area contributed by atoms with Gasteiger partial charge in [-0.15, -0.1) is 0 Å². The van der Waals surface area contributed by atoms with E-state index < -0.39 is 11.9 Å². The number of carboxylic acid groups (broad SMARTS) is 1. The van der Waals surface area contributed by atoms with Gasteiger partial charge in [-0.3, -0.25) is 4.79 Å². The van der Waals surface area contributed by atoms with Gasteiger partial charge in [0.15, 0.2) is 10.4 Å². The van der Waals surface area contributed by atoms with Crippen molar-refractivity contribution in [3.63, 3.8) is 0 Å². The average molecular weight is 324 g/mol. The molecule has 6 heteroatoms. The first-order valence-electron chi connectivity index (χ1n) is 5.36. The fraction of sp³-hybridized carbons (Fsp3) is 0.0769. The van der Waals surface area contributed by atoms with Crippen LogP contribution in [0.5, 0.6) is 0 Å². The summed E-state index contributed by atoms with van der Waals surface area (Å²) in [4.78, 5) is 24.5. The summed E-state index contributed by atoms with van der Waals surface area (Å²) in [5, 5.41) is 9.10. The lowest BCUT2D eigenvalue weighted by atomic mass is 10.1. The summed E-state index contributed by atoms with van der Waals surface area (Å²) in [5.74, 6) is -1.37. The summed E-state index contributed by atoms with van der Waals surface area (Å²) >= 11 is 3.11. The summed E-state index contributed by atoms with van der Waals surface area (Å²) in [6.07, 6.45) is 0. The normalized spacial score (nSPS) is 10.2. The Bertz CT molecular complexity index is 635. The fourth-order valence-electron chi connectivity index (χ4n) is 1.65. The van der Waals surface area contributed by atoms with Crippen molar-refractivity contribution in [1.29, 1.82) is 0 Å². The molecular weight excluding hydrogens is 314 g/mol. The van der Waals surface area contributed by atoms with Crippen LogP contribution in [0.15, 0.2) is 45.5 Å². The number of anilines is 1. The number of carbonyl (C=O) groups is 2. The lowest BCUT2D eigenvalue weighted by molar-refractivity contribution is 0.0697. The third-order valence-corrected chi connectivity index (χ3v) is 3.01. The van der Waals surface area contributed by atoms with Crippen molar-refractivity contribution in [1.82, 2.24) is 0 Å². The third-order valence-electron chi connectivity index (χ3n) is 2.58. The average Bonchev–Trinajstić information content (AvgIpc) is 2.83. The Morgan fingerprint density at radius 3 is 2.47 bits per heavy atom. The molecule has 0 saturated heterocycles. The molecule has 0 aliphatic carbocycles. The summed E-state index contributed by atoms with van der Waals surface area (Å²) in [7, 11) is 1.50. The highest BCUT2D eigenvalue weighted by Crippen LogP contribution is 2.22. The number of benzene rings is 1. The summed E-state index contributed by atoms with van der Waals surface area (Å²) in [6.45, 7) is 0. The van der Waals surface area contributed by atoms with Gasteiger partial charge in [0.2, 0.25) is 0 Å². The van der Waals surface area contributed by atoms with Crippen molar-refractivity contribution in [2.75, 3.05) is 11.9 Å². The van der Waals surface area contributed by atoms with Gasteiger partial charge >= 0.3 is 5.97 Å². The first-order valence-corrected chi connectivity index (χ1v) is 6.15. The molecule has 0 unspecified atom stereocenters. The van der Waals surface area contributed by atoms with E-state index in [2.05, 4.69) is 15.9 Å². The van der Waals surface area contributed by atoms with E-state index in [1.807, 2.05) is 0 Å². The number of carbonyl (C=O) groups excluding carboxylic acids is 1. The molecule has 1 aromatic heterocycles. The Morgan fingerprint density at radius 1 is 1.21 bits per heavy atom. The van der Waals surface area contributed by atoms with E-state index in [0.717, 1.165) is 0 Å². The number of hydrogen-bond donors (Lipinski definition) is 1. The highest BCUT2D eigenvalue weighted by Gasteiger charge is 2.21. The zero-order chi connectivity index (χ0) is 14.0. The number of halogens is 1. The van der Waals surface area contributed by atoms with Crippen LogP contribution >= 0.6 is 15.9 Å². The largest absolute Gasteiger partial charge is 0.478 e. The molecule has 0 spiro atoms. The Morgan fingerprint density at radius 2 is 1.89 bits per heavy atom. The van der Waals surface area contributed by atoms with Gasteiger partial charge in [0.25, 0.3) is 5.91 Å². The minimum atomic E-state index is -1.09. The molecule has 0 atom stereocenters. The van der Waals surface area contributed by atoms with Crippen molar-refractivity contribution in [3.8, 4) is 0 Å². The second-order valence-electron chi connectivity index (χ2n) is 3.79. The highest BCUT2D eigenvalue weighted by atomic mass is 79.9. The predicted molar refractivity (Wildman–Crippen MR) is 72.5 cm³/mol. The number of hydrogen-bond acceptors (Lipinski definition) is 3. The Kier molecular flexibility index (Phi) is 3.71. The molecule has 0 saturated carbocycles. The SMILES string of the molecule is CN(C(=O)c1ccc(Br)o1)c1ccccc1C(=O)O. The molecule has 0 radical (unpaired) electrons. The van der Waals surface area contributed by atoms with Gasteiger partial charge in [-0.25, -0.2) is 4.79 Å². The number of nitrogens with zero attached hydrogens (tertiary/aromatic N) is 1. The van der Waals surface area contributed by atoms with E-state index in [-0.39, 0.29) is 11.3 Å². The number of carboxylic acids is 1. The third kappa shape index (κ3) is 2.68. The Hall–Kier alpha value is -2.08. The zero-order valence-corrected chi connectivity index (χ0v) is 11.5. The smallest absolute Gasteiger partial charge is 0.337 e. The number of rotatable bonds is 3. The van der Waals surface area contributed by atoms with Gasteiger partial charge in [0, 0.05) is 7.05 Å². The van der Waals surface area contributed by atoms with Crippen LogP contribution in [-0.2, 0) is 0 Å². The molecule has 0 aliphatic rings. The Labute approximate surface area is 117 Å². The van der Waals surface area contributed by atoms with E-state index in [0.29, 0.717) is 10.4 Å². The van der Waals surface area contributed by atoms with Crippen LogP contribution in [0.2, 0.25) is 0 Å². The fourth-order valence-corrected chi connectivity index (χ4v) is 1.96. The van der Waals surface area contributed by atoms with Crippen molar-refractivity contribution < 1.29 is 19.1 Å². The first kappa shape index (κ1) is 13.4. The first-order chi connectivity index (χ1) is 9.00. The molecule has 1 amide bonds. The molecule has 2 rings (SSSR count). The maximum absolute atomic E-state index is 12.2. The van der Waals surface area contributed by atoms with Crippen LogP contribution in [0.4, 0.5) is 5.69 Å². The quantitative estimate of drug-likeness (QED) is 0.942. The molecule has 1 N–H and O–H groups in total. The molecule has 1 heterocycles.